The summed E-state index contributed by atoms with van der Waals surface area (Å²) < 4.78 is 7.38. The van der Waals surface area contributed by atoms with Gasteiger partial charge in [-0.1, -0.05) is 30.3 Å². The fourth-order valence-electron chi connectivity index (χ4n) is 1.96. The minimum Gasteiger partial charge on any atom is -0.456 e. The van der Waals surface area contributed by atoms with E-state index < -0.39 is 0 Å². The van der Waals surface area contributed by atoms with Gasteiger partial charge in [-0.2, -0.15) is 0 Å². The van der Waals surface area contributed by atoms with E-state index in [0.717, 1.165) is 5.56 Å². The van der Waals surface area contributed by atoms with Crippen molar-refractivity contribution in [2.75, 3.05) is 0 Å². The summed E-state index contributed by atoms with van der Waals surface area (Å²) in [6.45, 7) is 1.96. The quantitative estimate of drug-likeness (QED) is 0.734. The van der Waals surface area contributed by atoms with E-state index in [9.17, 15) is 9.59 Å². The van der Waals surface area contributed by atoms with E-state index in [-0.39, 0.29) is 30.7 Å². The molecule has 0 saturated heterocycles. The molecule has 5 heteroatoms. The number of carbonyl (C=O) groups excluding carboxylic acids is 2. The molecule has 0 bridgehead atoms. The van der Waals surface area contributed by atoms with Gasteiger partial charge in [0.1, 0.15) is 11.9 Å². The van der Waals surface area contributed by atoms with Crippen LogP contribution in [0.3, 0.4) is 0 Å². The number of nitrogens with zero attached hydrogens (tertiary/aromatic N) is 2. The zero-order valence-corrected chi connectivity index (χ0v) is 11.9. The predicted molar refractivity (Wildman–Crippen MR) is 77.4 cm³/mol. The van der Waals surface area contributed by atoms with Gasteiger partial charge in [-0.15, -0.1) is 0 Å². The number of hydrogen-bond acceptors (Lipinski definition) is 4. The summed E-state index contributed by atoms with van der Waals surface area (Å²) in [7, 11) is 0. The molecule has 0 aliphatic rings. The van der Waals surface area contributed by atoms with Crippen molar-refractivity contribution >= 4 is 11.8 Å². The highest BCUT2D eigenvalue weighted by molar-refractivity contribution is 5.81. The van der Waals surface area contributed by atoms with Gasteiger partial charge in [0.05, 0.1) is 19.3 Å². The van der Waals surface area contributed by atoms with Crippen molar-refractivity contribution in [2.45, 2.75) is 32.4 Å². The van der Waals surface area contributed by atoms with Crippen molar-refractivity contribution in [3.8, 4) is 0 Å². The zero-order valence-electron chi connectivity index (χ0n) is 11.9. The second-order valence-corrected chi connectivity index (χ2v) is 4.85. The Kier molecular flexibility index (Phi) is 5.26. The van der Waals surface area contributed by atoms with E-state index >= 15 is 0 Å². The first-order chi connectivity index (χ1) is 10.1. The molecule has 0 spiro atoms. The Labute approximate surface area is 123 Å². The summed E-state index contributed by atoms with van der Waals surface area (Å²) in [6.07, 6.45) is 5.12. The van der Waals surface area contributed by atoms with Gasteiger partial charge in [-0.05, 0) is 12.5 Å². The number of ether oxygens (including phenoxy) is 1. The maximum Gasteiger partial charge on any atom is 0.306 e. The molecular weight excluding hydrogens is 268 g/mol. The van der Waals surface area contributed by atoms with Gasteiger partial charge >= 0.3 is 5.97 Å². The van der Waals surface area contributed by atoms with Crippen LogP contribution in [0.25, 0.3) is 0 Å². The van der Waals surface area contributed by atoms with Crippen molar-refractivity contribution < 1.29 is 14.3 Å². The molecule has 1 heterocycles. The fourth-order valence-corrected chi connectivity index (χ4v) is 1.96. The summed E-state index contributed by atoms with van der Waals surface area (Å²) in [5.74, 6) is -0.378. The van der Waals surface area contributed by atoms with Crippen LogP contribution in [0, 0.1) is 0 Å². The van der Waals surface area contributed by atoms with E-state index in [4.69, 9.17) is 4.74 Å². The summed E-state index contributed by atoms with van der Waals surface area (Å²) in [5, 5.41) is 0. The molecule has 5 nitrogen and oxygen atoms in total. The van der Waals surface area contributed by atoms with Crippen molar-refractivity contribution in [1.82, 2.24) is 9.55 Å². The molecule has 0 aliphatic carbocycles. The average Bonchev–Trinajstić information content (AvgIpc) is 2.98. The Morgan fingerprint density at radius 3 is 2.62 bits per heavy atom. The summed E-state index contributed by atoms with van der Waals surface area (Å²) in [5.41, 5.74) is 0.919. The molecule has 1 aromatic carbocycles. The number of aromatic nitrogens is 2. The molecule has 0 fully saturated rings. The number of imidazole rings is 1. The maximum atomic E-state index is 11.9. The molecule has 0 saturated carbocycles. The van der Waals surface area contributed by atoms with Gasteiger partial charge in [0, 0.05) is 18.8 Å². The Morgan fingerprint density at radius 2 is 2.00 bits per heavy atom. The van der Waals surface area contributed by atoms with Crippen LogP contribution in [-0.4, -0.2) is 21.3 Å². The van der Waals surface area contributed by atoms with E-state index in [1.807, 2.05) is 41.1 Å². The molecule has 0 amide bonds. The molecular formula is C16H18N2O3. The Balaban J connectivity index is 2.05. The van der Waals surface area contributed by atoms with Gasteiger partial charge in [0.25, 0.3) is 0 Å². The third kappa shape index (κ3) is 4.87. The second kappa shape index (κ2) is 7.38. The summed E-state index contributed by atoms with van der Waals surface area (Å²) >= 11 is 0. The van der Waals surface area contributed by atoms with Gasteiger partial charge in [0.2, 0.25) is 0 Å². The second-order valence-electron chi connectivity index (χ2n) is 4.85. The SMILES string of the molecule is CC(=O)CCC(=O)OC(Cn1ccnc1)c1ccccc1. The van der Waals surface area contributed by atoms with Crippen LogP contribution in [0.2, 0.25) is 0 Å². The first-order valence-corrected chi connectivity index (χ1v) is 6.85. The summed E-state index contributed by atoms with van der Waals surface area (Å²) in [6, 6.07) is 9.55. The van der Waals surface area contributed by atoms with Gasteiger partial charge < -0.3 is 14.1 Å². The molecule has 2 aromatic rings. The van der Waals surface area contributed by atoms with E-state index in [2.05, 4.69) is 4.98 Å². The molecule has 110 valence electrons. The third-order valence-electron chi connectivity index (χ3n) is 3.06. The van der Waals surface area contributed by atoms with Gasteiger partial charge in [0.15, 0.2) is 0 Å². The molecule has 1 atom stereocenters. The fraction of sp³-hybridized carbons (Fsp3) is 0.312. The van der Waals surface area contributed by atoms with Crippen molar-refractivity contribution in [2.24, 2.45) is 0 Å². The normalized spacial score (nSPS) is 11.9. The van der Waals surface area contributed by atoms with Crippen molar-refractivity contribution in [3.05, 3.63) is 54.6 Å². The van der Waals surface area contributed by atoms with Crippen LogP contribution in [0.4, 0.5) is 0 Å². The van der Waals surface area contributed by atoms with E-state index in [0.29, 0.717) is 6.54 Å². The largest absolute Gasteiger partial charge is 0.456 e. The lowest BCUT2D eigenvalue weighted by atomic mass is 10.1. The number of Topliss-reactive ketones (excluding diaryl/α,β-unsaturated/α-hetero) is 1. The minimum atomic E-state index is -0.389. The molecule has 21 heavy (non-hydrogen) atoms. The maximum absolute atomic E-state index is 11.9. The molecule has 0 aliphatic heterocycles. The molecule has 1 aromatic heterocycles. The lowest BCUT2D eigenvalue weighted by molar-refractivity contribution is -0.151. The first kappa shape index (κ1) is 15.0. The summed E-state index contributed by atoms with van der Waals surface area (Å²) in [4.78, 5) is 26.8. The Morgan fingerprint density at radius 1 is 1.24 bits per heavy atom. The highest BCUT2D eigenvalue weighted by Gasteiger charge is 2.17. The van der Waals surface area contributed by atoms with Gasteiger partial charge in [-0.25, -0.2) is 4.98 Å². The number of carbonyl (C=O) groups is 2. The first-order valence-electron chi connectivity index (χ1n) is 6.85. The topological polar surface area (TPSA) is 61.2 Å². The molecule has 0 radical (unpaired) electrons. The molecule has 1 unspecified atom stereocenters. The third-order valence-corrected chi connectivity index (χ3v) is 3.06. The van der Waals surface area contributed by atoms with Gasteiger partial charge in [-0.3, -0.25) is 4.79 Å². The highest BCUT2D eigenvalue weighted by Crippen LogP contribution is 2.20. The number of rotatable bonds is 7. The Hall–Kier alpha value is -2.43. The van der Waals surface area contributed by atoms with Crippen LogP contribution in [0.1, 0.15) is 31.4 Å². The minimum absolute atomic E-state index is 0.0159. The molecule has 2 rings (SSSR count). The monoisotopic (exact) mass is 286 g/mol. The highest BCUT2D eigenvalue weighted by atomic mass is 16.5. The lowest BCUT2D eigenvalue weighted by Gasteiger charge is -2.18. The van der Waals surface area contributed by atoms with Crippen LogP contribution in [0.5, 0.6) is 0 Å². The van der Waals surface area contributed by atoms with E-state index in [1.165, 1.54) is 6.92 Å². The molecule has 0 N–H and O–H groups in total. The average molecular weight is 286 g/mol. The van der Waals surface area contributed by atoms with Crippen LogP contribution < -0.4 is 0 Å². The standard InChI is InChI=1S/C16H18N2O3/c1-13(19)7-8-16(20)21-15(11-18-10-9-17-12-18)14-5-3-2-4-6-14/h2-6,9-10,12,15H,7-8,11H2,1H3. The number of esters is 1. The smallest absolute Gasteiger partial charge is 0.306 e. The number of ketones is 1. The van der Waals surface area contributed by atoms with E-state index in [1.54, 1.807) is 12.5 Å². The number of hydrogen-bond donors (Lipinski definition) is 0. The number of benzene rings is 1. The van der Waals surface area contributed by atoms with Crippen LogP contribution >= 0.6 is 0 Å². The van der Waals surface area contributed by atoms with Crippen molar-refractivity contribution in [3.63, 3.8) is 0 Å². The van der Waals surface area contributed by atoms with Crippen LogP contribution in [0.15, 0.2) is 49.1 Å². The lowest BCUT2D eigenvalue weighted by Crippen LogP contribution is -2.17. The Bertz CT molecular complexity index is 579. The van der Waals surface area contributed by atoms with Crippen LogP contribution in [-0.2, 0) is 20.9 Å². The van der Waals surface area contributed by atoms with Crippen molar-refractivity contribution in [1.29, 1.82) is 0 Å². The predicted octanol–water partition coefficient (Wildman–Crippen LogP) is 2.54. The zero-order chi connectivity index (χ0) is 15.1.